The smallest absolute Gasteiger partial charge is 0.305 e. The van der Waals surface area contributed by atoms with Crippen LogP contribution in [0.5, 0.6) is 0 Å². The van der Waals surface area contributed by atoms with E-state index in [1.807, 2.05) is 12.2 Å². The summed E-state index contributed by atoms with van der Waals surface area (Å²) in [5, 5.41) is 30.2. The van der Waals surface area contributed by atoms with Crippen molar-refractivity contribution in [3.05, 3.63) is 36.5 Å². The van der Waals surface area contributed by atoms with Crippen molar-refractivity contribution in [1.29, 1.82) is 0 Å². The fraction of sp³-hybridized carbons (Fsp3) is 0.771. The van der Waals surface area contributed by atoms with Gasteiger partial charge in [-0.05, 0) is 51.4 Å². The number of aliphatic hydroxyl groups is 3. The third-order valence-corrected chi connectivity index (χ3v) is 7.08. The average Bonchev–Trinajstić information content (AvgIpc) is 2.98. The Labute approximate surface area is 256 Å². The number of unbranched alkanes of at least 4 members (excludes halogenated alkanes) is 11. The van der Waals surface area contributed by atoms with E-state index in [0.29, 0.717) is 19.3 Å². The fourth-order valence-electron chi connectivity index (χ4n) is 4.36. The molecule has 3 N–H and O–H groups in total. The summed E-state index contributed by atoms with van der Waals surface area (Å²) in [6.07, 6.45) is 28.1. The van der Waals surface area contributed by atoms with Gasteiger partial charge in [0.05, 0.1) is 12.2 Å². The first-order valence-electron chi connectivity index (χ1n) is 16.7. The van der Waals surface area contributed by atoms with Gasteiger partial charge < -0.3 is 24.8 Å². The van der Waals surface area contributed by atoms with Crippen molar-refractivity contribution in [2.24, 2.45) is 0 Å². The number of carbonyl (C=O) groups excluding carboxylic acids is 2. The van der Waals surface area contributed by atoms with Crippen molar-refractivity contribution in [2.75, 3.05) is 13.2 Å². The minimum absolute atomic E-state index is 0.0720. The van der Waals surface area contributed by atoms with Crippen molar-refractivity contribution in [3.63, 3.8) is 0 Å². The lowest BCUT2D eigenvalue weighted by Crippen LogP contribution is -2.26. The molecule has 244 valence electrons. The maximum absolute atomic E-state index is 11.9. The largest absolute Gasteiger partial charge is 0.463 e. The van der Waals surface area contributed by atoms with Gasteiger partial charge >= 0.3 is 11.9 Å². The van der Waals surface area contributed by atoms with Gasteiger partial charge in [0.25, 0.3) is 0 Å². The first-order chi connectivity index (χ1) is 20.4. The Morgan fingerprint density at radius 3 is 1.64 bits per heavy atom. The molecule has 0 spiro atoms. The average molecular weight is 595 g/mol. The molecule has 0 aliphatic carbocycles. The van der Waals surface area contributed by atoms with Gasteiger partial charge in [0.2, 0.25) is 0 Å². The Kier molecular flexibility index (Phi) is 29.1. The van der Waals surface area contributed by atoms with Crippen LogP contribution in [-0.2, 0) is 19.1 Å². The quantitative estimate of drug-likeness (QED) is 0.0463. The Balaban J connectivity index is 3.76. The lowest BCUT2D eigenvalue weighted by atomic mass is 10.0. The van der Waals surface area contributed by atoms with Crippen LogP contribution in [0, 0.1) is 0 Å². The molecule has 42 heavy (non-hydrogen) atoms. The molecule has 0 aliphatic rings. The van der Waals surface area contributed by atoms with E-state index in [9.17, 15) is 24.9 Å². The van der Waals surface area contributed by atoms with Gasteiger partial charge in [-0.3, -0.25) is 9.59 Å². The molecular weight excluding hydrogens is 532 g/mol. The van der Waals surface area contributed by atoms with E-state index >= 15 is 0 Å². The summed E-state index contributed by atoms with van der Waals surface area (Å²) in [7, 11) is 0. The lowest BCUT2D eigenvalue weighted by Gasteiger charge is -2.16. The molecule has 2 unspecified atom stereocenters. The van der Waals surface area contributed by atoms with Gasteiger partial charge in [0.15, 0.2) is 0 Å². The predicted molar refractivity (Wildman–Crippen MR) is 171 cm³/mol. The van der Waals surface area contributed by atoms with Crippen LogP contribution in [0.1, 0.15) is 142 Å². The summed E-state index contributed by atoms with van der Waals surface area (Å²) in [6, 6.07) is 0. The first-order valence-corrected chi connectivity index (χ1v) is 16.7. The molecular formula is C35H62O7. The van der Waals surface area contributed by atoms with Crippen molar-refractivity contribution in [1.82, 2.24) is 0 Å². The zero-order valence-electron chi connectivity index (χ0n) is 26.7. The van der Waals surface area contributed by atoms with Crippen LogP contribution in [0.25, 0.3) is 0 Å². The van der Waals surface area contributed by atoms with E-state index < -0.39 is 24.3 Å². The molecule has 0 fully saturated rings. The molecule has 0 heterocycles. The number of allylic oxidation sites excluding steroid dienone is 5. The van der Waals surface area contributed by atoms with Crippen LogP contribution in [0.2, 0.25) is 0 Å². The second-order valence-electron chi connectivity index (χ2n) is 11.2. The molecule has 0 saturated carbocycles. The number of aliphatic hydroxyl groups excluding tert-OH is 3. The van der Waals surface area contributed by atoms with Crippen LogP contribution < -0.4 is 0 Å². The summed E-state index contributed by atoms with van der Waals surface area (Å²) in [6.45, 7) is 3.97. The summed E-state index contributed by atoms with van der Waals surface area (Å²) in [4.78, 5) is 23.8. The monoisotopic (exact) mass is 594 g/mol. The van der Waals surface area contributed by atoms with Crippen LogP contribution in [0.4, 0.5) is 0 Å². The molecule has 3 atom stereocenters. The summed E-state index contributed by atoms with van der Waals surface area (Å²) in [5.74, 6) is -0.845. The second kappa shape index (κ2) is 30.5. The molecule has 0 bridgehead atoms. The number of carbonyl (C=O) groups is 2. The molecule has 0 aromatic heterocycles. The number of hydrogen-bond donors (Lipinski definition) is 3. The van der Waals surface area contributed by atoms with Gasteiger partial charge in [0.1, 0.15) is 19.3 Å². The van der Waals surface area contributed by atoms with E-state index in [2.05, 4.69) is 38.2 Å². The van der Waals surface area contributed by atoms with Crippen molar-refractivity contribution < 1.29 is 34.4 Å². The third-order valence-electron chi connectivity index (χ3n) is 7.08. The minimum Gasteiger partial charge on any atom is -0.463 e. The van der Waals surface area contributed by atoms with E-state index in [1.54, 1.807) is 0 Å². The van der Waals surface area contributed by atoms with Crippen molar-refractivity contribution in [3.8, 4) is 0 Å². The molecule has 0 radical (unpaired) electrons. The molecule has 0 aromatic rings. The van der Waals surface area contributed by atoms with Crippen molar-refractivity contribution in [2.45, 2.75) is 161 Å². The molecule has 0 aliphatic heterocycles. The maximum Gasteiger partial charge on any atom is 0.305 e. The molecule has 7 nitrogen and oxygen atoms in total. The van der Waals surface area contributed by atoms with E-state index in [-0.39, 0.29) is 32.0 Å². The van der Waals surface area contributed by atoms with Crippen LogP contribution >= 0.6 is 0 Å². The third kappa shape index (κ3) is 28.2. The standard InChI is InChI=1S/C35H62O7/c1-3-5-7-9-11-13-14-15-17-18-20-22-25-32(37)33(38)26-24-28-35(40)42-30-31(36)29-41-34(39)27-23-21-19-16-12-10-8-6-4-2/h11,13,15,17,20,22,31-33,36-38H,3-10,12,14,16,18-19,21,23-30H2,1-2H3/b13-11-,17-15-,22-20-/t31-,32?,33?/m0/s1. The zero-order valence-corrected chi connectivity index (χ0v) is 26.7. The normalized spacial score (nSPS) is 14.1. The van der Waals surface area contributed by atoms with E-state index in [0.717, 1.165) is 38.5 Å². The van der Waals surface area contributed by atoms with Gasteiger partial charge in [-0.2, -0.15) is 0 Å². The van der Waals surface area contributed by atoms with Gasteiger partial charge in [-0.15, -0.1) is 0 Å². The molecule has 0 saturated heterocycles. The van der Waals surface area contributed by atoms with E-state index in [4.69, 9.17) is 9.47 Å². The lowest BCUT2D eigenvalue weighted by molar-refractivity contribution is -0.152. The number of esters is 2. The van der Waals surface area contributed by atoms with Crippen LogP contribution in [-0.4, -0.2) is 58.8 Å². The number of hydrogen-bond acceptors (Lipinski definition) is 7. The van der Waals surface area contributed by atoms with E-state index in [1.165, 1.54) is 57.8 Å². The second-order valence-corrected chi connectivity index (χ2v) is 11.2. The molecule has 0 aromatic carbocycles. The highest BCUT2D eigenvalue weighted by Crippen LogP contribution is 2.12. The first kappa shape index (κ1) is 40.0. The zero-order chi connectivity index (χ0) is 31.1. The Morgan fingerprint density at radius 2 is 1.05 bits per heavy atom. The SMILES string of the molecule is CCCCC/C=C\C/C=C\C/C=C\CC(O)C(O)CCCC(=O)OC[C@@H](O)COC(=O)CCCCCCCCCCC. The number of rotatable bonds is 29. The molecule has 0 amide bonds. The van der Waals surface area contributed by atoms with Crippen LogP contribution in [0.3, 0.4) is 0 Å². The highest BCUT2D eigenvalue weighted by Gasteiger charge is 2.16. The highest BCUT2D eigenvalue weighted by molar-refractivity contribution is 5.69. The van der Waals surface area contributed by atoms with Gasteiger partial charge in [-0.25, -0.2) is 0 Å². The van der Waals surface area contributed by atoms with Crippen LogP contribution in [0.15, 0.2) is 36.5 Å². The molecule has 7 heteroatoms. The summed E-state index contributed by atoms with van der Waals surface area (Å²) in [5.41, 5.74) is 0. The number of ether oxygens (including phenoxy) is 2. The summed E-state index contributed by atoms with van der Waals surface area (Å²) >= 11 is 0. The Morgan fingerprint density at radius 1 is 0.571 bits per heavy atom. The predicted octanol–water partition coefficient (Wildman–Crippen LogP) is 7.67. The topological polar surface area (TPSA) is 113 Å². The molecule has 0 rings (SSSR count). The fourth-order valence-corrected chi connectivity index (χ4v) is 4.36. The minimum atomic E-state index is -1.07. The Hall–Kier alpha value is -1.96. The maximum atomic E-state index is 11.9. The Bertz CT molecular complexity index is 716. The van der Waals surface area contributed by atoms with Gasteiger partial charge in [0, 0.05) is 12.8 Å². The van der Waals surface area contributed by atoms with Gasteiger partial charge in [-0.1, -0.05) is 115 Å². The summed E-state index contributed by atoms with van der Waals surface area (Å²) < 4.78 is 10.1. The van der Waals surface area contributed by atoms with Crippen molar-refractivity contribution >= 4 is 11.9 Å². The highest BCUT2D eigenvalue weighted by atomic mass is 16.6.